The molecule has 2 rings (SSSR count). The molecule has 44 heavy (non-hydrogen) atoms. The van der Waals surface area contributed by atoms with Crippen LogP contribution in [0.3, 0.4) is 0 Å². The molecule has 0 fully saturated rings. The van der Waals surface area contributed by atoms with E-state index < -0.39 is 53.2 Å². The van der Waals surface area contributed by atoms with Crippen molar-refractivity contribution < 1.29 is 28.7 Å². The largest absolute Gasteiger partial charge is 0.458 e. The molecule has 2 aromatic carbocycles. The van der Waals surface area contributed by atoms with Crippen LogP contribution in [0.1, 0.15) is 84.5 Å². The number of hydrogen-bond donors (Lipinski definition) is 2. The minimum Gasteiger partial charge on any atom is -0.458 e. The summed E-state index contributed by atoms with van der Waals surface area (Å²) in [5, 5.41) is 5.44. The summed E-state index contributed by atoms with van der Waals surface area (Å²) in [7, 11) is 0. The molecule has 9 heteroatoms. The molecule has 0 heterocycles. The van der Waals surface area contributed by atoms with Gasteiger partial charge in [0, 0.05) is 12.5 Å². The fraction of sp³-hybridized carbons (Fsp3) is 0.486. The van der Waals surface area contributed by atoms with Crippen molar-refractivity contribution in [3.8, 4) is 12.5 Å². The van der Waals surface area contributed by atoms with E-state index in [0.29, 0.717) is 5.56 Å². The molecule has 0 saturated carbocycles. The van der Waals surface area contributed by atoms with Gasteiger partial charge in [-0.05, 0) is 71.9 Å². The van der Waals surface area contributed by atoms with Crippen LogP contribution in [0.5, 0.6) is 0 Å². The lowest BCUT2D eigenvalue weighted by Gasteiger charge is -2.32. The van der Waals surface area contributed by atoms with Crippen molar-refractivity contribution in [2.24, 2.45) is 5.92 Å². The van der Waals surface area contributed by atoms with Gasteiger partial charge in [0.1, 0.15) is 29.3 Å². The predicted octanol–water partition coefficient (Wildman–Crippen LogP) is 5.46. The minimum absolute atomic E-state index is 0.00687. The maximum absolute atomic E-state index is 14.1. The van der Waals surface area contributed by atoms with Gasteiger partial charge in [0.15, 0.2) is 0 Å². The first-order chi connectivity index (χ1) is 20.4. The molecule has 3 unspecified atom stereocenters. The summed E-state index contributed by atoms with van der Waals surface area (Å²) in [6.07, 6.45) is 5.54. The van der Waals surface area contributed by atoms with Crippen molar-refractivity contribution in [1.82, 2.24) is 15.5 Å². The molecule has 9 nitrogen and oxygen atoms in total. The summed E-state index contributed by atoms with van der Waals surface area (Å²) in [6.45, 7) is 16.1. The molecular formula is C35H47N3O6. The van der Waals surface area contributed by atoms with Crippen molar-refractivity contribution >= 4 is 23.9 Å². The number of rotatable bonds is 11. The van der Waals surface area contributed by atoms with Gasteiger partial charge in [-0.2, -0.15) is 0 Å². The van der Waals surface area contributed by atoms with E-state index in [2.05, 4.69) is 16.7 Å². The lowest BCUT2D eigenvalue weighted by molar-refractivity contribution is -0.159. The number of esters is 1. The first kappa shape index (κ1) is 35.9. The van der Waals surface area contributed by atoms with E-state index in [1.54, 1.807) is 65.8 Å². The van der Waals surface area contributed by atoms with Gasteiger partial charge >= 0.3 is 12.1 Å². The molecule has 0 saturated heterocycles. The van der Waals surface area contributed by atoms with Crippen LogP contribution >= 0.6 is 0 Å². The highest BCUT2D eigenvalue weighted by Gasteiger charge is 2.38. The molecule has 2 aromatic rings. The molecular weight excluding hydrogens is 558 g/mol. The van der Waals surface area contributed by atoms with Gasteiger partial charge in [-0.15, -0.1) is 0 Å². The SMILES string of the molecule is C#CN(C(=O)C(CC(C)C)NC(=O)OC(C)(C)C)C(C(=O)NC(Cc1ccccc1)C(=O)OC(C)(C)C)c1ccc(C)cc1. The number of ether oxygens (including phenoxy) is 2. The maximum atomic E-state index is 14.1. The summed E-state index contributed by atoms with van der Waals surface area (Å²) in [5.74, 6) is -1.97. The number of carbonyl (C=O) groups excluding carboxylic acids is 4. The Morgan fingerprint density at radius 3 is 1.91 bits per heavy atom. The summed E-state index contributed by atoms with van der Waals surface area (Å²) in [6, 6.07) is 15.1. The molecule has 3 amide bonds. The Morgan fingerprint density at radius 2 is 1.41 bits per heavy atom. The van der Waals surface area contributed by atoms with E-state index in [4.69, 9.17) is 15.9 Å². The molecule has 0 aliphatic carbocycles. The van der Waals surface area contributed by atoms with Gasteiger partial charge in [0.05, 0.1) is 0 Å². The summed E-state index contributed by atoms with van der Waals surface area (Å²) >= 11 is 0. The second-order valence-corrected chi connectivity index (χ2v) is 13.3. The van der Waals surface area contributed by atoms with E-state index >= 15 is 0 Å². The highest BCUT2D eigenvalue weighted by molar-refractivity contribution is 5.95. The number of hydrogen-bond acceptors (Lipinski definition) is 6. The number of nitrogens with one attached hydrogen (secondary N) is 2. The molecule has 0 spiro atoms. The van der Waals surface area contributed by atoms with Gasteiger partial charge in [-0.3, -0.25) is 14.5 Å². The Kier molecular flexibility index (Phi) is 12.6. The van der Waals surface area contributed by atoms with Crippen molar-refractivity contribution in [1.29, 1.82) is 0 Å². The summed E-state index contributed by atoms with van der Waals surface area (Å²) in [5.41, 5.74) is 0.583. The van der Waals surface area contributed by atoms with E-state index in [1.165, 1.54) is 0 Å². The number of carbonyl (C=O) groups is 4. The Hall–Kier alpha value is -4.32. The summed E-state index contributed by atoms with van der Waals surface area (Å²) < 4.78 is 11.0. The molecule has 0 aromatic heterocycles. The first-order valence-corrected chi connectivity index (χ1v) is 14.8. The van der Waals surface area contributed by atoms with Gasteiger partial charge in [-0.1, -0.05) is 80.4 Å². The Morgan fingerprint density at radius 1 is 0.841 bits per heavy atom. The molecule has 3 atom stereocenters. The third-order valence-electron chi connectivity index (χ3n) is 6.26. The smallest absolute Gasteiger partial charge is 0.408 e. The van der Waals surface area contributed by atoms with Gasteiger partial charge in [-0.25, -0.2) is 9.59 Å². The topological polar surface area (TPSA) is 114 Å². The Balaban J connectivity index is 2.53. The number of amides is 3. The van der Waals surface area contributed by atoms with Crippen LogP contribution in [0.15, 0.2) is 54.6 Å². The van der Waals surface area contributed by atoms with Crippen molar-refractivity contribution in [3.63, 3.8) is 0 Å². The maximum Gasteiger partial charge on any atom is 0.408 e. The van der Waals surface area contributed by atoms with Gasteiger partial charge in [0.2, 0.25) is 5.91 Å². The van der Waals surface area contributed by atoms with Crippen molar-refractivity contribution in [3.05, 3.63) is 71.3 Å². The molecule has 0 aliphatic rings. The lowest BCUT2D eigenvalue weighted by atomic mass is 9.98. The number of benzene rings is 2. The monoisotopic (exact) mass is 605 g/mol. The van der Waals surface area contributed by atoms with Crippen LogP contribution in [-0.4, -0.2) is 52.1 Å². The van der Waals surface area contributed by atoms with Crippen LogP contribution in [0.4, 0.5) is 4.79 Å². The van der Waals surface area contributed by atoms with E-state index in [9.17, 15) is 19.2 Å². The van der Waals surface area contributed by atoms with Gasteiger partial charge in [0.25, 0.3) is 5.91 Å². The Labute approximate surface area is 262 Å². The molecule has 0 aliphatic heterocycles. The number of nitrogens with zero attached hydrogens (tertiary/aromatic N) is 1. The number of terminal acetylenes is 1. The van der Waals surface area contributed by atoms with Crippen molar-refractivity contribution in [2.45, 2.75) is 104 Å². The van der Waals surface area contributed by atoms with Crippen LogP contribution in [0, 0.1) is 25.3 Å². The first-order valence-electron chi connectivity index (χ1n) is 14.8. The van der Waals surface area contributed by atoms with Gasteiger partial charge < -0.3 is 20.1 Å². The molecule has 2 N–H and O–H groups in total. The minimum atomic E-state index is -1.32. The van der Waals surface area contributed by atoms with E-state index in [-0.39, 0.29) is 18.8 Å². The average molecular weight is 606 g/mol. The fourth-order valence-corrected chi connectivity index (χ4v) is 4.41. The Bertz CT molecular complexity index is 1320. The van der Waals surface area contributed by atoms with E-state index in [1.807, 2.05) is 51.1 Å². The fourth-order valence-electron chi connectivity index (χ4n) is 4.41. The van der Waals surface area contributed by atoms with E-state index in [0.717, 1.165) is 16.0 Å². The molecule has 0 bridgehead atoms. The molecule has 0 radical (unpaired) electrons. The standard InChI is InChI=1S/C35H47N3O6/c1-11-38(31(40)27(21-23(2)3)37-33(42)44-35(8,9)10)29(26-19-17-24(4)18-20-26)30(39)36-28(32(41)43-34(5,6)7)22-25-15-13-12-14-16-25/h1,12-20,23,27-29H,21-22H2,2-10H3,(H,36,39)(H,37,42). The second kappa shape index (κ2) is 15.4. The highest BCUT2D eigenvalue weighted by Crippen LogP contribution is 2.25. The predicted molar refractivity (Wildman–Crippen MR) is 170 cm³/mol. The zero-order valence-electron chi connectivity index (χ0n) is 27.4. The third kappa shape index (κ3) is 11.8. The van der Waals surface area contributed by atoms with Crippen molar-refractivity contribution in [2.75, 3.05) is 0 Å². The molecule has 238 valence electrons. The third-order valence-corrected chi connectivity index (χ3v) is 6.26. The zero-order chi connectivity index (χ0) is 33.2. The van der Waals surface area contributed by atoms with Crippen LogP contribution in [-0.2, 0) is 30.3 Å². The summed E-state index contributed by atoms with van der Waals surface area (Å²) in [4.78, 5) is 55.2. The van der Waals surface area contributed by atoms with Crippen LogP contribution in [0.2, 0.25) is 0 Å². The quantitative estimate of drug-likeness (QED) is 0.200. The average Bonchev–Trinajstić information content (AvgIpc) is 2.89. The number of alkyl carbamates (subject to hydrolysis) is 1. The number of aryl methyl sites for hydroxylation is 1. The van der Waals surface area contributed by atoms with Crippen LogP contribution in [0.25, 0.3) is 0 Å². The zero-order valence-corrected chi connectivity index (χ0v) is 27.4. The van der Waals surface area contributed by atoms with Crippen LogP contribution < -0.4 is 10.6 Å². The lowest BCUT2D eigenvalue weighted by Crippen LogP contribution is -2.54. The normalized spacial score (nSPS) is 13.6. The second-order valence-electron chi connectivity index (χ2n) is 13.3. The highest BCUT2D eigenvalue weighted by atomic mass is 16.6.